The van der Waals surface area contributed by atoms with Gasteiger partial charge in [-0.1, -0.05) is 60.7 Å². The monoisotopic (exact) mass is 779 g/mol. The van der Waals surface area contributed by atoms with E-state index in [0.29, 0.717) is 22.8 Å². The van der Waals surface area contributed by atoms with Crippen molar-refractivity contribution in [2.45, 2.75) is 89.5 Å². The van der Waals surface area contributed by atoms with Crippen molar-refractivity contribution in [1.82, 2.24) is 29.7 Å². The molecule has 2 aromatic carbocycles. The number of carbonyl (C=O) groups excluding carboxylic acids is 2. The van der Waals surface area contributed by atoms with E-state index in [4.69, 9.17) is 18.7 Å². The molecular weight excluding hydrogens is 729 g/mol. The van der Waals surface area contributed by atoms with Crippen molar-refractivity contribution in [1.29, 1.82) is 0 Å². The zero-order chi connectivity index (χ0) is 39.2. The van der Waals surface area contributed by atoms with Gasteiger partial charge in [-0.05, 0) is 64.5 Å². The smallest absolute Gasteiger partial charge is 0.342 e. The lowest BCUT2D eigenvalue weighted by Crippen LogP contribution is -2.47. The van der Waals surface area contributed by atoms with Gasteiger partial charge < -0.3 is 33.8 Å². The predicted octanol–water partition coefficient (Wildman–Crippen LogP) is 3.40. The fourth-order valence-corrected chi connectivity index (χ4v) is 8.75. The highest BCUT2D eigenvalue weighted by molar-refractivity contribution is 7.54. The summed E-state index contributed by atoms with van der Waals surface area (Å²) in [6, 6.07) is 15.8. The van der Waals surface area contributed by atoms with Crippen LogP contribution in [0.15, 0.2) is 67.0 Å². The molecule has 1 unspecified atom stereocenters. The fraction of sp³-hybridized carbons (Fsp3) is 0.500. The number of carbonyl (C=O) groups is 2. The summed E-state index contributed by atoms with van der Waals surface area (Å²) in [4.78, 5) is 42.7. The Kier molecular flexibility index (Phi) is 13.0. The standard InChI is InChI=1S/C38H50N7O9P/c1-5-51-35(47)28(21-26-15-9-7-10-16-26)42-55(50,43-29(36(48)52-6-2)22-27-17-11-8-12-18-27)53-23-30-32(46)38(4,49)37(54-30)45-24-39-31-33(44-19-13-14-20-44)40-25(3)41-34(31)45/h7-12,15-18,24,28-30,32,37,46,49H,5-6,13-14,19-23H2,1-4H3,(H2,42,43,50)/t28-,29-,30+,32?,37+,38-/m0/s1. The highest BCUT2D eigenvalue weighted by atomic mass is 31.2. The quantitative estimate of drug-likeness (QED) is 0.0898. The zero-order valence-electron chi connectivity index (χ0n) is 31.5. The van der Waals surface area contributed by atoms with E-state index in [1.165, 1.54) is 13.3 Å². The Hall–Kier alpha value is -4.28. The number of fused-ring (bicyclic) bond motifs is 1. The molecule has 16 nitrogen and oxygen atoms in total. The van der Waals surface area contributed by atoms with E-state index >= 15 is 4.57 Å². The molecule has 4 heterocycles. The summed E-state index contributed by atoms with van der Waals surface area (Å²) in [7, 11) is -4.45. The molecule has 4 N–H and O–H groups in total. The van der Waals surface area contributed by atoms with Gasteiger partial charge in [-0.2, -0.15) is 0 Å². The minimum Gasteiger partial charge on any atom is -0.465 e. The van der Waals surface area contributed by atoms with Crippen LogP contribution in [-0.4, -0.2) is 104 Å². The van der Waals surface area contributed by atoms with Crippen molar-refractivity contribution < 1.29 is 43.1 Å². The number of aliphatic hydroxyl groups excluding tert-OH is 1. The van der Waals surface area contributed by atoms with Crippen LogP contribution in [0.3, 0.4) is 0 Å². The lowest BCUT2D eigenvalue weighted by molar-refractivity contribution is -0.145. The number of esters is 2. The topological polar surface area (TPSA) is 199 Å². The number of aliphatic hydroxyl groups is 2. The van der Waals surface area contributed by atoms with E-state index < -0.39 is 62.3 Å². The number of hydrogen-bond donors (Lipinski definition) is 4. The Morgan fingerprint density at radius 3 is 2.02 bits per heavy atom. The van der Waals surface area contributed by atoms with Crippen molar-refractivity contribution in [3.8, 4) is 0 Å². The van der Waals surface area contributed by atoms with Crippen molar-refractivity contribution >= 4 is 36.6 Å². The lowest BCUT2D eigenvalue weighted by atomic mass is 9.96. The third kappa shape index (κ3) is 9.41. The Labute approximate surface area is 320 Å². The summed E-state index contributed by atoms with van der Waals surface area (Å²) < 4.78 is 39.7. The molecule has 2 aliphatic heterocycles. The normalized spacial score (nSPS) is 22.5. The first-order valence-electron chi connectivity index (χ1n) is 18.7. The van der Waals surface area contributed by atoms with Gasteiger partial charge in [-0.3, -0.25) is 18.7 Å². The summed E-state index contributed by atoms with van der Waals surface area (Å²) in [5.41, 5.74) is 0.558. The Bertz CT molecular complexity index is 1890. The summed E-state index contributed by atoms with van der Waals surface area (Å²) in [5, 5.41) is 28.9. The number of hydrogen-bond acceptors (Lipinski definition) is 13. The molecule has 0 aliphatic carbocycles. The van der Waals surface area contributed by atoms with Gasteiger partial charge in [0.1, 0.15) is 35.7 Å². The highest BCUT2D eigenvalue weighted by Crippen LogP contribution is 2.45. The van der Waals surface area contributed by atoms with Gasteiger partial charge in [0.05, 0.1) is 26.1 Å². The Balaban J connectivity index is 1.30. The first-order valence-corrected chi connectivity index (χ1v) is 20.3. The van der Waals surface area contributed by atoms with Crippen molar-refractivity contribution in [2.75, 3.05) is 37.8 Å². The second-order valence-corrected chi connectivity index (χ2v) is 15.8. The number of aromatic nitrogens is 4. The largest absolute Gasteiger partial charge is 0.465 e. The average Bonchev–Trinajstić information content (AvgIpc) is 3.90. The zero-order valence-corrected chi connectivity index (χ0v) is 32.4. The second-order valence-electron chi connectivity index (χ2n) is 13.9. The molecule has 0 radical (unpaired) electrons. The van der Waals surface area contributed by atoms with Gasteiger partial charge in [0, 0.05) is 13.1 Å². The van der Waals surface area contributed by atoms with Crippen molar-refractivity contribution in [3.05, 3.63) is 83.9 Å². The molecule has 2 fully saturated rings. The summed E-state index contributed by atoms with van der Waals surface area (Å²) in [6.45, 7) is 7.78. The van der Waals surface area contributed by atoms with Crippen LogP contribution in [0.2, 0.25) is 0 Å². The lowest BCUT2D eigenvalue weighted by Gasteiger charge is -2.30. The number of nitrogens with one attached hydrogen (secondary N) is 2. The van der Waals surface area contributed by atoms with Crippen LogP contribution < -0.4 is 15.1 Å². The predicted molar refractivity (Wildman–Crippen MR) is 203 cm³/mol. The van der Waals surface area contributed by atoms with Crippen LogP contribution in [0.4, 0.5) is 5.82 Å². The number of nitrogens with zero attached hydrogens (tertiary/aromatic N) is 5. The third-order valence-corrected chi connectivity index (χ3v) is 11.5. The van der Waals surface area contributed by atoms with Crippen LogP contribution in [-0.2, 0) is 45.7 Å². The molecule has 0 bridgehead atoms. The molecule has 17 heteroatoms. The van der Waals surface area contributed by atoms with Gasteiger partial charge in [0.25, 0.3) is 0 Å². The van der Waals surface area contributed by atoms with Gasteiger partial charge in [0.15, 0.2) is 23.2 Å². The van der Waals surface area contributed by atoms with Crippen LogP contribution >= 0.6 is 7.67 Å². The number of anilines is 1. The Morgan fingerprint density at radius 2 is 1.49 bits per heavy atom. The first kappa shape index (κ1) is 40.4. The van der Waals surface area contributed by atoms with Gasteiger partial charge in [-0.25, -0.2) is 25.1 Å². The Morgan fingerprint density at radius 1 is 0.945 bits per heavy atom. The maximum atomic E-state index is 15.0. The summed E-state index contributed by atoms with van der Waals surface area (Å²) >= 11 is 0. The van der Waals surface area contributed by atoms with Crippen LogP contribution in [0.25, 0.3) is 11.2 Å². The number of rotatable bonds is 17. The summed E-state index contributed by atoms with van der Waals surface area (Å²) in [6.07, 6.45) is -0.253. The molecule has 2 aliphatic rings. The molecule has 0 amide bonds. The van der Waals surface area contributed by atoms with Gasteiger partial charge in [-0.15, -0.1) is 0 Å². The molecule has 2 saturated heterocycles. The molecule has 0 saturated carbocycles. The second kappa shape index (κ2) is 17.7. The van der Waals surface area contributed by atoms with E-state index in [2.05, 4.69) is 30.0 Å². The maximum Gasteiger partial charge on any atom is 0.342 e. The van der Waals surface area contributed by atoms with E-state index in [0.717, 1.165) is 37.1 Å². The SMILES string of the molecule is CCOC(=O)[C@H](Cc1ccccc1)NP(=O)(N[C@@H](Cc1ccccc1)C(=O)OCC)OC[C@H]1O[C@@H](n2cnc3c(N4CCCC4)nc(C)nc32)[C@@](C)(O)C1O. The van der Waals surface area contributed by atoms with E-state index in [1.807, 2.05) is 60.7 Å². The number of imidazole rings is 1. The van der Waals surface area contributed by atoms with Crippen LogP contribution in [0.1, 0.15) is 56.8 Å². The average molecular weight is 780 g/mol. The van der Waals surface area contributed by atoms with E-state index in [1.54, 1.807) is 25.3 Å². The number of ether oxygens (including phenoxy) is 3. The molecular formula is C38H50N7O9P. The molecule has 0 spiro atoms. The molecule has 4 aromatic rings. The molecule has 6 atom stereocenters. The maximum absolute atomic E-state index is 15.0. The van der Waals surface area contributed by atoms with Crippen molar-refractivity contribution in [2.24, 2.45) is 0 Å². The third-order valence-electron chi connectivity index (χ3n) is 9.71. The highest BCUT2D eigenvalue weighted by Gasteiger charge is 2.54. The number of benzene rings is 2. The molecule has 2 aromatic heterocycles. The molecule has 296 valence electrons. The van der Waals surface area contributed by atoms with Crippen LogP contribution in [0.5, 0.6) is 0 Å². The summed E-state index contributed by atoms with van der Waals surface area (Å²) in [5.74, 6) is -0.185. The first-order chi connectivity index (χ1) is 26.4. The molecule has 6 rings (SSSR count). The molecule has 55 heavy (non-hydrogen) atoms. The fourth-order valence-electron chi connectivity index (χ4n) is 6.96. The van der Waals surface area contributed by atoms with E-state index in [-0.39, 0.29) is 26.1 Å². The van der Waals surface area contributed by atoms with Gasteiger partial charge in [0.2, 0.25) is 0 Å². The van der Waals surface area contributed by atoms with Gasteiger partial charge >= 0.3 is 19.6 Å². The number of aryl methyl sites for hydroxylation is 1. The minimum atomic E-state index is -4.45. The van der Waals surface area contributed by atoms with Crippen molar-refractivity contribution in [3.63, 3.8) is 0 Å². The minimum absolute atomic E-state index is 0.0648. The van der Waals surface area contributed by atoms with Crippen LogP contribution in [0, 0.1) is 6.92 Å². The van der Waals surface area contributed by atoms with E-state index in [9.17, 15) is 19.8 Å².